The molecule has 1 rings (SSSR count). The van der Waals surface area contributed by atoms with Crippen LogP contribution in [0.25, 0.3) is 5.57 Å². The molecule has 0 unspecified atom stereocenters. The first-order valence-corrected chi connectivity index (χ1v) is 4.10. The molecule has 0 heterocycles. The van der Waals surface area contributed by atoms with Crippen LogP contribution in [0.5, 0.6) is 5.75 Å². The first-order chi connectivity index (χ1) is 6.60. The van der Waals surface area contributed by atoms with Crippen molar-refractivity contribution < 1.29 is 9.13 Å². The van der Waals surface area contributed by atoms with E-state index in [2.05, 4.69) is 18.3 Å². The highest BCUT2D eigenvalue weighted by Gasteiger charge is 2.10. The highest BCUT2D eigenvalue weighted by molar-refractivity contribution is 5.74. The summed E-state index contributed by atoms with van der Waals surface area (Å²) < 4.78 is 18.3. The van der Waals surface area contributed by atoms with E-state index in [4.69, 9.17) is 4.74 Å². The number of hydrogen-bond acceptors (Lipinski definition) is 2. The summed E-state index contributed by atoms with van der Waals surface area (Å²) in [6, 6.07) is 2.96. The van der Waals surface area contributed by atoms with E-state index in [9.17, 15) is 4.39 Å². The van der Waals surface area contributed by atoms with Crippen molar-refractivity contribution in [1.82, 2.24) is 0 Å². The molecule has 0 aliphatic heterocycles. The number of aliphatic imine (C=N–C) groups is 1. The van der Waals surface area contributed by atoms with E-state index in [1.54, 1.807) is 13.0 Å². The third kappa shape index (κ3) is 1.82. The van der Waals surface area contributed by atoms with Crippen molar-refractivity contribution in [3.05, 3.63) is 30.1 Å². The van der Waals surface area contributed by atoms with Crippen molar-refractivity contribution in [1.29, 1.82) is 0 Å². The summed E-state index contributed by atoms with van der Waals surface area (Å²) in [5.41, 5.74) is 1.57. The Bertz CT molecular complexity index is 385. The Kier molecular flexibility index (Phi) is 3.02. The van der Waals surface area contributed by atoms with Crippen LogP contribution in [-0.4, -0.2) is 13.8 Å². The molecule has 0 amide bonds. The van der Waals surface area contributed by atoms with Gasteiger partial charge in [0.25, 0.3) is 0 Å². The van der Waals surface area contributed by atoms with Crippen LogP contribution >= 0.6 is 0 Å². The second-order valence-corrected chi connectivity index (χ2v) is 2.94. The summed E-state index contributed by atoms with van der Waals surface area (Å²) in [5.74, 6) is 0.00486. The molecule has 0 fully saturated rings. The van der Waals surface area contributed by atoms with Gasteiger partial charge in [-0.15, -0.1) is 0 Å². The van der Waals surface area contributed by atoms with Crippen molar-refractivity contribution in [2.75, 3.05) is 7.11 Å². The largest absolute Gasteiger partial charge is 0.497 e. The lowest BCUT2D eigenvalue weighted by Crippen LogP contribution is -1.89. The average molecular weight is 193 g/mol. The first-order valence-electron chi connectivity index (χ1n) is 4.10. The lowest BCUT2D eigenvalue weighted by atomic mass is 10.1. The molecule has 0 aromatic heterocycles. The van der Waals surface area contributed by atoms with Gasteiger partial charge in [0.1, 0.15) is 11.4 Å². The smallest absolute Gasteiger partial charge is 0.153 e. The Morgan fingerprint density at radius 2 is 2.14 bits per heavy atom. The highest BCUT2D eigenvalue weighted by atomic mass is 19.1. The summed E-state index contributed by atoms with van der Waals surface area (Å²) in [5, 5.41) is 0. The zero-order chi connectivity index (χ0) is 10.7. The monoisotopic (exact) mass is 193 g/mol. The second-order valence-electron chi connectivity index (χ2n) is 2.94. The minimum Gasteiger partial charge on any atom is -0.497 e. The average Bonchev–Trinajstić information content (AvgIpc) is 2.16. The van der Waals surface area contributed by atoms with Crippen LogP contribution in [0.2, 0.25) is 0 Å². The zero-order valence-electron chi connectivity index (χ0n) is 8.30. The number of nitrogens with zero attached hydrogens (tertiary/aromatic N) is 1. The lowest BCUT2D eigenvalue weighted by Gasteiger charge is -2.08. The number of allylic oxidation sites excluding steroid dienone is 1. The molecule has 1 aromatic rings. The summed E-state index contributed by atoms with van der Waals surface area (Å²) in [6.07, 6.45) is 0. The summed E-state index contributed by atoms with van der Waals surface area (Å²) in [7, 11) is 1.48. The van der Waals surface area contributed by atoms with Crippen LogP contribution in [0.4, 0.5) is 10.1 Å². The quantitative estimate of drug-likeness (QED) is 0.675. The van der Waals surface area contributed by atoms with Crippen molar-refractivity contribution in [2.24, 2.45) is 4.99 Å². The number of rotatable bonds is 3. The van der Waals surface area contributed by atoms with Gasteiger partial charge in [0, 0.05) is 11.6 Å². The predicted octanol–water partition coefficient (Wildman–Crippen LogP) is 3.20. The zero-order valence-corrected chi connectivity index (χ0v) is 8.30. The summed E-state index contributed by atoms with van der Waals surface area (Å²) in [4.78, 5) is 3.63. The Morgan fingerprint density at radius 1 is 1.50 bits per heavy atom. The van der Waals surface area contributed by atoms with Gasteiger partial charge in [0.05, 0.1) is 7.11 Å². The van der Waals surface area contributed by atoms with Gasteiger partial charge in [-0.2, -0.15) is 0 Å². The van der Waals surface area contributed by atoms with Gasteiger partial charge in [-0.1, -0.05) is 6.58 Å². The van der Waals surface area contributed by atoms with Gasteiger partial charge in [-0.25, -0.2) is 4.39 Å². The van der Waals surface area contributed by atoms with Gasteiger partial charge in [0.2, 0.25) is 0 Å². The maximum Gasteiger partial charge on any atom is 0.153 e. The van der Waals surface area contributed by atoms with Gasteiger partial charge in [-0.3, -0.25) is 4.99 Å². The Labute approximate surface area is 82.7 Å². The number of methoxy groups -OCH3 is 1. The third-order valence-corrected chi connectivity index (χ3v) is 1.89. The fraction of sp³-hybridized carbons (Fsp3) is 0.182. The summed E-state index contributed by atoms with van der Waals surface area (Å²) in [6.45, 7) is 8.84. The molecule has 1 aromatic carbocycles. The van der Waals surface area contributed by atoms with Crippen molar-refractivity contribution >= 4 is 18.0 Å². The van der Waals surface area contributed by atoms with Crippen LogP contribution in [-0.2, 0) is 0 Å². The van der Waals surface area contributed by atoms with E-state index in [1.165, 1.54) is 13.2 Å². The molecule has 3 heteroatoms. The van der Waals surface area contributed by atoms with E-state index in [0.717, 1.165) is 5.57 Å². The van der Waals surface area contributed by atoms with E-state index in [1.807, 2.05) is 0 Å². The Hall–Kier alpha value is -1.64. The highest BCUT2D eigenvalue weighted by Crippen LogP contribution is 2.32. The second kappa shape index (κ2) is 4.05. The van der Waals surface area contributed by atoms with Gasteiger partial charge in [0.15, 0.2) is 5.82 Å². The van der Waals surface area contributed by atoms with E-state index >= 15 is 0 Å². The summed E-state index contributed by atoms with van der Waals surface area (Å²) >= 11 is 0. The standard InChI is InChI=1S/C11H12FNO/c1-7(2)9-5-8(14-4)6-10(12)11(9)13-3/h5-6H,1,3H2,2,4H3. The lowest BCUT2D eigenvalue weighted by molar-refractivity contribution is 0.411. The SMILES string of the molecule is C=Nc1c(F)cc(OC)cc1C(=C)C. The Morgan fingerprint density at radius 3 is 2.57 bits per heavy atom. The van der Waals surface area contributed by atoms with Crippen LogP contribution < -0.4 is 4.74 Å². The maximum atomic E-state index is 13.4. The molecule has 0 atom stereocenters. The minimum absolute atomic E-state index is 0.221. The molecule has 0 aliphatic rings. The normalized spacial score (nSPS) is 9.64. The van der Waals surface area contributed by atoms with Gasteiger partial charge < -0.3 is 4.74 Å². The maximum absolute atomic E-state index is 13.4. The van der Waals surface area contributed by atoms with Crippen LogP contribution in [0, 0.1) is 5.82 Å². The molecule has 0 N–H and O–H groups in total. The fourth-order valence-corrected chi connectivity index (χ4v) is 1.18. The molecule has 0 saturated heterocycles. The molecular formula is C11H12FNO. The molecule has 14 heavy (non-hydrogen) atoms. The third-order valence-electron chi connectivity index (χ3n) is 1.89. The molecule has 74 valence electrons. The molecule has 0 radical (unpaired) electrons. The predicted molar refractivity (Wildman–Crippen MR) is 56.9 cm³/mol. The number of hydrogen-bond donors (Lipinski definition) is 0. The fourth-order valence-electron chi connectivity index (χ4n) is 1.18. The Balaban J connectivity index is 3.43. The van der Waals surface area contributed by atoms with Crippen molar-refractivity contribution in [3.63, 3.8) is 0 Å². The molecule has 0 aliphatic carbocycles. The van der Waals surface area contributed by atoms with Crippen molar-refractivity contribution in [3.8, 4) is 5.75 Å². The van der Waals surface area contributed by atoms with Gasteiger partial charge in [-0.05, 0) is 25.3 Å². The van der Waals surface area contributed by atoms with E-state index in [0.29, 0.717) is 11.3 Å². The number of halogens is 1. The molecule has 0 saturated carbocycles. The number of benzene rings is 1. The van der Waals surface area contributed by atoms with Crippen molar-refractivity contribution in [2.45, 2.75) is 6.92 Å². The first kappa shape index (κ1) is 10.4. The van der Waals surface area contributed by atoms with Crippen LogP contribution in [0.15, 0.2) is 23.7 Å². The minimum atomic E-state index is -0.447. The molecule has 2 nitrogen and oxygen atoms in total. The molecular weight excluding hydrogens is 181 g/mol. The van der Waals surface area contributed by atoms with E-state index < -0.39 is 5.82 Å². The van der Waals surface area contributed by atoms with E-state index in [-0.39, 0.29) is 5.69 Å². The van der Waals surface area contributed by atoms with Gasteiger partial charge >= 0.3 is 0 Å². The molecule has 0 bridgehead atoms. The van der Waals surface area contributed by atoms with Crippen LogP contribution in [0.1, 0.15) is 12.5 Å². The topological polar surface area (TPSA) is 21.6 Å². The number of ether oxygens (including phenoxy) is 1. The molecule has 0 spiro atoms. The van der Waals surface area contributed by atoms with Crippen LogP contribution in [0.3, 0.4) is 0 Å².